The van der Waals surface area contributed by atoms with Gasteiger partial charge in [-0.3, -0.25) is 9.59 Å². The quantitative estimate of drug-likeness (QED) is 0.784. The SMILES string of the molecule is Cc1cc(NC(=O)CSCC(=O)NC(C)c2ccc(F)c(F)c2)no1. The molecule has 2 aromatic rings. The van der Waals surface area contributed by atoms with E-state index in [9.17, 15) is 18.4 Å². The maximum Gasteiger partial charge on any atom is 0.235 e. The monoisotopic (exact) mass is 369 g/mol. The van der Waals surface area contributed by atoms with Crippen molar-refractivity contribution >= 4 is 29.4 Å². The van der Waals surface area contributed by atoms with E-state index in [1.54, 1.807) is 19.9 Å². The third-order valence-corrected chi connectivity index (χ3v) is 4.12. The Morgan fingerprint density at radius 2 is 1.92 bits per heavy atom. The number of hydrogen-bond donors (Lipinski definition) is 2. The van der Waals surface area contributed by atoms with Gasteiger partial charge in [-0.2, -0.15) is 0 Å². The van der Waals surface area contributed by atoms with Gasteiger partial charge in [0.05, 0.1) is 17.5 Å². The minimum atomic E-state index is -0.965. The van der Waals surface area contributed by atoms with Gasteiger partial charge < -0.3 is 15.2 Å². The fraction of sp³-hybridized carbons (Fsp3) is 0.312. The highest BCUT2D eigenvalue weighted by Crippen LogP contribution is 2.16. The highest BCUT2D eigenvalue weighted by molar-refractivity contribution is 8.00. The average Bonchev–Trinajstić information content (AvgIpc) is 2.94. The molecule has 0 bridgehead atoms. The first-order chi connectivity index (χ1) is 11.8. The number of benzene rings is 1. The Bertz CT molecular complexity index is 767. The highest BCUT2D eigenvalue weighted by Gasteiger charge is 2.13. The summed E-state index contributed by atoms with van der Waals surface area (Å²) in [4.78, 5) is 23.6. The van der Waals surface area contributed by atoms with Crippen molar-refractivity contribution in [3.8, 4) is 0 Å². The lowest BCUT2D eigenvalue weighted by atomic mass is 10.1. The third-order valence-electron chi connectivity index (χ3n) is 3.18. The van der Waals surface area contributed by atoms with Crippen molar-refractivity contribution < 1.29 is 22.9 Å². The van der Waals surface area contributed by atoms with Crippen LogP contribution in [0.2, 0.25) is 0 Å². The van der Waals surface area contributed by atoms with Crippen LogP contribution < -0.4 is 10.6 Å². The minimum absolute atomic E-state index is 0.0548. The molecular weight excluding hydrogens is 352 g/mol. The van der Waals surface area contributed by atoms with Crippen molar-refractivity contribution in [2.75, 3.05) is 16.8 Å². The predicted octanol–water partition coefficient (Wildman–Crippen LogP) is 2.81. The van der Waals surface area contributed by atoms with Crippen LogP contribution in [0.5, 0.6) is 0 Å². The van der Waals surface area contributed by atoms with E-state index in [1.165, 1.54) is 6.07 Å². The molecule has 6 nitrogen and oxygen atoms in total. The summed E-state index contributed by atoms with van der Waals surface area (Å²) < 4.78 is 30.9. The molecule has 9 heteroatoms. The molecule has 2 rings (SSSR count). The van der Waals surface area contributed by atoms with Crippen molar-refractivity contribution in [1.82, 2.24) is 10.5 Å². The van der Waals surface area contributed by atoms with E-state index in [4.69, 9.17) is 4.52 Å². The molecule has 0 fully saturated rings. The second-order valence-corrected chi connectivity index (χ2v) is 6.31. The van der Waals surface area contributed by atoms with Gasteiger partial charge in [-0.15, -0.1) is 11.8 Å². The van der Waals surface area contributed by atoms with Gasteiger partial charge in [-0.1, -0.05) is 11.2 Å². The molecule has 0 saturated carbocycles. The minimum Gasteiger partial charge on any atom is -0.360 e. The molecule has 2 amide bonds. The van der Waals surface area contributed by atoms with Gasteiger partial charge in [-0.05, 0) is 31.5 Å². The predicted molar refractivity (Wildman–Crippen MR) is 90.1 cm³/mol. The largest absolute Gasteiger partial charge is 0.360 e. The van der Waals surface area contributed by atoms with Crippen molar-refractivity contribution in [3.63, 3.8) is 0 Å². The van der Waals surface area contributed by atoms with Gasteiger partial charge >= 0.3 is 0 Å². The van der Waals surface area contributed by atoms with E-state index in [0.29, 0.717) is 17.1 Å². The number of aryl methyl sites for hydroxylation is 1. The number of amides is 2. The maximum absolute atomic E-state index is 13.2. The molecule has 2 N–H and O–H groups in total. The summed E-state index contributed by atoms with van der Waals surface area (Å²) in [6, 6.07) is 4.57. The second kappa shape index (κ2) is 8.61. The molecule has 1 atom stereocenters. The molecule has 134 valence electrons. The van der Waals surface area contributed by atoms with Gasteiger partial charge in [-0.25, -0.2) is 8.78 Å². The second-order valence-electron chi connectivity index (χ2n) is 5.33. The van der Waals surface area contributed by atoms with Crippen LogP contribution in [-0.4, -0.2) is 28.5 Å². The van der Waals surface area contributed by atoms with Gasteiger partial charge in [0.25, 0.3) is 0 Å². The smallest absolute Gasteiger partial charge is 0.235 e. The van der Waals surface area contributed by atoms with Crippen molar-refractivity contribution in [1.29, 1.82) is 0 Å². The number of thioether (sulfide) groups is 1. The lowest BCUT2D eigenvalue weighted by Crippen LogP contribution is -2.29. The number of aromatic nitrogens is 1. The summed E-state index contributed by atoms with van der Waals surface area (Å²) in [7, 11) is 0. The fourth-order valence-electron chi connectivity index (χ4n) is 1.99. The zero-order valence-corrected chi connectivity index (χ0v) is 14.5. The van der Waals surface area contributed by atoms with Crippen molar-refractivity contribution in [3.05, 3.63) is 47.2 Å². The molecule has 0 aliphatic heterocycles. The van der Waals surface area contributed by atoms with Crippen LogP contribution in [0.4, 0.5) is 14.6 Å². The number of nitrogens with zero attached hydrogens (tertiary/aromatic N) is 1. The lowest BCUT2D eigenvalue weighted by molar-refractivity contribution is -0.119. The highest BCUT2D eigenvalue weighted by atomic mass is 32.2. The van der Waals surface area contributed by atoms with Crippen LogP contribution in [-0.2, 0) is 9.59 Å². The molecule has 25 heavy (non-hydrogen) atoms. The van der Waals surface area contributed by atoms with Crippen molar-refractivity contribution in [2.24, 2.45) is 0 Å². The van der Waals surface area contributed by atoms with Crippen LogP contribution in [0.3, 0.4) is 0 Å². The van der Waals surface area contributed by atoms with Gasteiger partial charge in [0.2, 0.25) is 11.8 Å². The van der Waals surface area contributed by atoms with Crippen LogP contribution in [0.25, 0.3) is 0 Å². The Morgan fingerprint density at radius 3 is 2.56 bits per heavy atom. The first-order valence-corrected chi connectivity index (χ1v) is 8.56. The van der Waals surface area contributed by atoms with Gasteiger partial charge in [0.1, 0.15) is 5.76 Å². The van der Waals surface area contributed by atoms with Crippen LogP contribution in [0, 0.1) is 18.6 Å². The van der Waals surface area contributed by atoms with Crippen LogP contribution in [0.1, 0.15) is 24.3 Å². The molecule has 1 aromatic heterocycles. The molecule has 0 spiro atoms. The van der Waals surface area contributed by atoms with Crippen molar-refractivity contribution in [2.45, 2.75) is 19.9 Å². The fourth-order valence-corrected chi connectivity index (χ4v) is 2.62. The molecule has 0 aliphatic rings. The normalized spacial score (nSPS) is 11.8. The summed E-state index contributed by atoms with van der Waals surface area (Å²) in [5.74, 6) is -1.50. The van der Waals surface area contributed by atoms with E-state index in [-0.39, 0.29) is 23.3 Å². The lowest BCUT2D eigenvalue weighted by Gasteiger charge is -2.14. The van der Waals surface area contributed by atoms with E-state index >= 15 is 0 Å². The molecule has 1 unspecified atom stereocenters. The number of anilines is 1. The summed E-state index contributed by atoms with van der Waals surface area (Å²) in [6.07, 6.45) is 0. The van der Waals surface area contributed by atoms with E-state index < -0.39 is 17.7 Å². The topological polar surface area (TPSA) is 84.2 Å². The molecule has 0 aliphatic carbocycles. The Balaban J connectivity index is 1.72. The molecular formula is C16H17F2N3O3S. The average molecular weight is 369 g/mol. The molecule has 0 saturated heterocycles. The van der Waals surface area contributed by atoms with Crippen LogP contribution in [0.15, 0.2) is 28.8 Å². The first-order valence-electron chi connectivity index (χ1n) is 7.40. The Morgan fingerprint density at radius 1 is 1.20 bits per heavy atom. The summed E-state index contributed by atoms with van der Waals surface area (Å²) in [6.45, 7) is 3.37. The maximum atomic E-state index is 13.2. The van der Waals surface area contributed by atoms with E-state index in [0.717, 1.165) is 23.9 Å². The summed E-state index contributed by atoms with van der Waals surface area (Å²) in [5.41, 5.74) is 0.455. The number of hydrogen-bond acceptors (Lipinski definition) is 5. The van der Waals surface area contributed by atoms with E-state index in [2.05, 4.69) is 15.8 Å². The third kappa shape index (κ3) is 5.86. The summed E-state index contributed by atoms with van der Waals surface area (Å²) >= 11 is 1.12. The summed E-state index contributed by atoms with van der Waals surface area (Å²) in [5, 5.41) is 8.84. The number of carbonyl (C=O) groups is 2. The Kier molecular flexibility index (Phi) is 6.51. The molecule has 1 aromatic carbocycles. The number of nitrogens with one attached hydrogen (secondary N) is 2. The number of carbonyl (C=O) groups excluding carboxylic acids is 2. The molecule has 1 heterocycles. The zero-order chi connectivity index (χ0) is 18.4. The number of rotatable bonds is 7. The Labute approximate surface area is 147 Å². The van der Waals surface area contributed by atoms with E-state index in [1.807, 2.05) is 0 Å². The van der Waals surface area contributed by atoms with Crippen LogP contribution >= 0.6 is 11.8 Å². The standard InChI is InChI=1S/C16H17F2N3O3S/c1-9-5-14(21-24-9)20-16(23)8-25-7-15(22)19-10(2)11-3-4-12(17)13(18)6-11/h3-6,10H,7-8H2,1-2H3,(H,19,22)(H,20,21,23). The molecule has 0 radical (unpaired) electrons. The van der Waals surface area contributed by atoms with Gasteiger partial charge in [0, 0.05) is 6.07 Å². The Hall–Kier alpha value is -2.42. The zero-order valence-electron chi connectivity index (χ0n) is 13.6. The first kappa shape index (κ1) is 18.9. The number of halogens is 2. The van der Waals surface area contributed by atoms with Gasteiger partial charge in [0.15, 0.2) is 17.5 Å².